The lowest BCUT2D eigenvalue weighted by Gasteiger charge is -2.10. The van der Waals surface area contributed by atoms with E-state index in [1.165, 1.54) is 11.3 Å². The van der Waals surface area contributed by atoms with Crippen LogP contribution in [0.5, 0.6) is 0 Å². The topological polar surface area (TPSA) is 89.0 Å². The van der Waals surface area contributed by atoms with Gasteiger partial charge >= 0.3 is 0 Å². The lowest BCUT2D eigenvalue weighted by Crippen LogP contribution is -2.24. The second kappa shape index (κ2) is 8.73. The first-order chi connectivity index (χ1) is 11.0. The molecule has 0 radical (unpaired) electrons. The highest BCUT2D eigenvalue weighted by atomic mass is 32.2. The summed E-state index contributed by atoms with van der Waals surface area (Å²) in [5, 5.41) is 11.8. The Kier molecular flexibility index (Phi) is 6.95. The Morgan fingerprint density at radius 1 is 1.26 bits per heavy atom. The summed E-state index contributed by atoms with van der Waals surface area (Å²) in [6.07, 6.45) is 7.66. The summed E-state index contributed by atoms with van der Waals surface area (Å²) < 4.78 is 24.3. The van der Waals surface area contributed by atoms with Crippen molar-refractivity contribution >= 4 is 32.2 Å². The second-order valence-electron chi connectivity index (χ2n) is 6.03. The van der Waals surface area contributed by atoms with Gasteiger partial charge in [0, 0.05) is 12.8 Å². The second-order valence-corrected chi connectivity index (χ2v) is 9.49. The van der Waals surface area contributed by atoms with Crippen molar-refractivity contribution in [3.05, 3.63) is 5.01 Å². The molecule has 8 heteroatoms. The molecule has 1 heterocycles. The van der Waals surface area contributed by atoms with Gasteiger partial charge in [0.2, 0.25) is 11.0 Å². The van der Waals surface area contributed by atoms with Crippen molar-refractivity contribution in [2.75, 3.05) is 11.1 Å². The molecule has 2 rings (SSSR count). The number of nitrogens with zero attached hydrogens (tertiary/aromatic N) is 2. The number of aromatic nitrogens is 2. The van der Waals surface area contributed by atoms with E-state index in [-0.39, 0.29) is 23.3 Å². The highest BCUT2D eigenvalue weighted by Gasteiger charge is 2.28. The number of hydrogen-bond acceptors (Lipinski definition) is 6. The number of nitrogens with one attached hydrogen (secondary N) is 1. The van der Waals surface area contributed by atoms with Crippen molar-refractivity contribution in [3.8, 4) is 0 Å². The molecule has 1 N–H and O–H groups in total. The van der Waals surface area contributed by atoms with Crippen LogP contribution < -0.4 is 5.32 Å². The van der Waals surface area contributed by atoms with E-state index < -0.39 is 9.84 Å². The molecule has 0 aliphatic heterocycles. The number of carbonyl (C=O) groups excluding carboxylic acids is 1. The average molecular weight is 360 g/mol. The van der Waals surface area contributed by atoms with E-state index in [1.54, 1.807) is 0 Å². The van der Waals surface area contributed by atoms with E-state index in [0.717, 1.165) is 56.4 Å². The number of amides is 1. The van der Waals surface area contributed by atoms with Gasteiger partial charge in [-0.05, 0) is 19.3 Å². The molecule has 0 saturated heterocycles. The smallest absolute Gasteiger partial charge is 0.227 e. The predicted octanol–water partition coefficient (Wildman–Crippen LogP) is 2.96. The standard InChI is InChI=1S/C15H25N3O3S2/c1-2-3-4-9-14-17-18-15(22-14)16-13(19)10-11-23(20,21)12-7-5-6-8-12/h12H,2-11H2,1H3,(H,16,18,19). The van der Waals surface area contributed by atoms with Crippen LogP contribution in [0, 0.1) is 0 Å². The molecular formula is C15H25N3O3S2. The SMILES string of the molecule is CCCCCc1nnc(NC(=O)CCS(=O)(=O)C2CCCC2)s1. The van der Waals surface area contributed by atoms with Crippen LogP contribution in [0.15, 0.2) is 0 Å². The van der Waals surface area contributed by atoms with Gasteiger partial charge in [-0.2, -0.15) is 0 Å². The molecule has 0 aromatic carbocycles. The van der Waals surface area contributed by atoms with Crippen LogP contribution in [0.25, 0.3) is 0 Å². The summed E-state index contributed by atoms with van der Waals surface area (Å²) in [6, 6.07) is 0. The first kappa shape index (κ1) is 18.3. The zero-order valence-corrected chi connectivity index (χ0v) is 15.2. The number of carbonyl (C=O) groups is 1. The molecule has 6 nitrogen and oxygen atoms in total. The minimum atomic E-state index is -3.15. The summed E-state index contributed by atoms with van der Waals surface area (Å²) in [5.41, 5.74) is 0. The summed E-state index contributed by atoms with van der Waals surface area (Å²) in [6.45, 7) is 2.14. The van der Waals surface area contributed by atoms with Gasteiger partial charge in [-0.3, -0.25) is 4.79 Å². The maximum Gasteiger partial charge on any atom is 0.227 e. The molecule has 0 unspecified atom stereocenters. The molecule has 1 aromatic heterocycles. The van der Waals surface area contributed by atoms with Crippen molar-refractivity contribution in [1.29, 1.82) is 0 Å². The maximum atomic E-state index is 12.1. The van der Waals surface area contributed by atoms with Gasteiger partial charge in [0.05, 0.1) is 11.0 Å². The zero-order valence-electron chi connectivity index (χ0n) is 13.6. The number of aryl methyl sites for hydroxylation is 1. The largest absolute Gasteiger partial charge is 0.301 e. The number of rotatable bonds is 9. The van der Waals surface area contributed by atoms with Gasteiger partial charge in [0.15, 0.2) is 9.84 Å². The molecular weight excluding hydrogens is 334 g/mol. The predicted molar refractivity (Wildman–Crippen MR) is 92.4 cm³/mol. The molecule has 1 aliphatic carbocycles. The molecule has 1 saturated carbocycles. The van der Waals surface area contributed by atoms with Crippen molar-refractivity contribution in [2.24, 2.45) is 0 Å². The van der Waals surface area contributed by atoms with Crippen LogP contribution in [0.4, 0.5) is 5.13 Å². The monoisotopic (exact) mass is 359 g/mol. The zero-order chi connectivity index (χ0) is 16.7. The normalized spacial score (nSPS) is 15.9. The Labute approximate surface area is 142 Å². The Morgan fingerprint density at radius 3 is 2.70 bits per heavy atom. The molecule has 0 spiro atoms. The average Bonchev–Trinajstić information content (AvgIpc) is 3.18. The highest BCUT2D eigenvalue weighted by molar-refractivity contribution is 7.92. The maximum absolute atomic E-state index is 12.1. The number of unbranched alkanes of at least 4 members (excludes halogenated alkanes) is 2. The van der Waals surface area contributed by atoms with Gasteiger partial charge in [-0.1, -0.05) is 43.9 Å². The quantitative estimate of drug-likeness (QED) is 0.685. The van der Waals surface area contributed by atoms with Crippen LogP contribution in [-0.4, -0.2) is 35.5 Å². The van der Waals surface area contributed by atoms with Crippen LogP contribution >= 0.6 is 11.3 Å². The first-order valence-electron chi connectivity index (χ1n) is 8.35. The van der Waals surface area contributed by atoms with Crippen LogP contribution in [0.2, 0.25) is 0 Å². The van der Waals surface area contributed by atoms with Gasteiger partial charge in [0.1, 0.15) is 5.01 Å². The molecule has 130 valence electrons. The van der Waals surface area contributed by atoms with E-state index in [0.29, 0.717) is 5.13 Å². The lowest BCUT2D eigenvalue weighted by molar-refractivity contribution is -0.115. The van der Waals surface area contributed by atoms with Gasteiger partial charge in [-0.15, -0.1) is 10.2 Å². The van der Waals surface area contributed by atoms with Crippen LogP contribution in [0.1, 0.15) is 63.3 Å². The van der Waals surface area contributed by atoms with Crippen molar-refractivity contribution in [3.63, 3.8) is 0 Å². The van der Waals surface area contributed by atoms with Crippen LogP contribution in [0.3, 0.4) is 0 Å². The fourth-order valence-corrected chi connectivity index (χ4v) is 5.41. The number of hydrogen-bond donors (Lipinski definition) is 1. The van der Waals surface area contributed by atoms with Crippen LogP contribution in [-0.2, 0) is 21.1 Å². The van der Waals surface area contributed by atoms with Gasteiger partial charge in [-0.25, -0.2) is 8.42 Å². The molecule has 23 heavy (non-hydrogen) atoms. The van der Waals surface area contributed by atoms with Crippen molar-refractivity contribution < 1.29 is 13.2 Å². The molecule has 0 atom stereocenters. The van der Waals surface area contributed by atoms with Crippen molar-refractivity contribution in [1.82, 2.24) is 10.2 Å². The Balaban J connectivity index is 1.76. The molecule has 0 bridgehead atoms. The molecule has 1 aliphatic rings. The number of sulfone groups is 1. The summed E-state index contributed by atoms with van der Waals surface area (Å²) in [5.74, 6) is -0.381. The lowest BCUT2D eigenvalue weighted by atomic mass is 10.2. The molecule has 1 amide bonds. The van der Waals surface area contributed by atoms with E-state index in [4.69, 9.17) is 0 Å². The summed E-state index contributed by atoms with van der Waals surface area (Å²) >= 11 is 1.37. The van der Waals surface area contributed by atoms with Gasteiger partial charge < -0.3 is 5.32 Å². The fraction of sp³-hybridized carbons (Fsp3) is 0.800. The van der Waals surface area contributed by atoms with E-state index in [2.05, 4.69) is 22.4 Å². The Hall–Kier alpha value is -1.02. The van der Waals surface area contributed by atoms with Crippen molar-refractivity contribution in [2.45, 2.75) is 70.0 Å². The molecule has 1 fully saturated rings. The number of anilines is 1. The Bertz CT molecular complexity index is 607. The first-order valence-corrected chi connectivity index (χ1v) is 10.9. The van der Waals surface area contributed by atoms with E-state index >= 15 is 0 Å². The third-order valence-corrected chi connectivity index (χ3v) is 7.29. The van der Waals surface area contributed by atoms with E-state index in [9.17, 15) is 13.2 Å². The van der Waals surface area contributed by atoms with E-state index in [1.807, 2.05) is 0 Å². The highest BCUT2D eigenvalue weighted by Crippen LogP contribution is 2.25. The van der Waals surface area contributed by atoms with Gasteiger partial charge in [0.25, 0.3) is 0 Å². The minimum absolute atomic E-state index is 0.0103. The third-order valence-electron chi connectivity index (χ3n) is 4.13. The summed E-state index contributed by atoms with van der Waals surface area (Å²) in [4.78, 5) is 11.9. The Morgan fingerprint density at radius 2 is 2.00 bits per heavy atom. The minimum Gasteiger partial charge on any atom is -0.301 e. The summed E-state index contributed by atoms with van der Waals surface area (Å²) in [7, 11) is -3.15. The fourth-order valence-electron chi connectivity index (χ4n) is 2.76. The molecule has 1 aromatic rings. The third kappa shape index (κ3) is 5.84.